The molecule has 0 amide bonds. The maximum Gasteiger partial charge on any atom is 0.356 e. The Labute approximate surface area is 131 Å². The van der Waals surface area contributed by atoms with Crippen LogP contribution >= 0.6 is 11.6 Å². The van der Waals surface area contributed by atoms with Crippen molar-refractivity contribution in [1.29, 1.82) is 0 Å². The Morgan fingerprint density at radius 1 is 1.18 bits per heavy atom. The first-order valence-corrected chi connectivity index (χ1v) is 6.99. The van der Waals surface area contributed by atoms with Gasteiger partial charge in [-0.15, -0.1) is 0 Å². The van der Waals surface area contributed by atoms with Gasteiger partial charge in [-0.25, -0.2) is 4.79 Å². The minimum absolute atomic E-state index is 0.207. The molecule has 0 saturated carbocycles. The van der Waals surface area contributed by atoms with Gasteiger partial charge in [-0.1, -0.05) is 41.9 Å². The molecule has 5 nitrogen and oxygen atoms in total. The molecule has 2 aromatic heterocycles. The van der Waals surface area contributed by atoms with Gasteiger partial charge in [0.25, 0.3) is 0 Å². The second kappa shape index (κ2) is 6.41. The molecular weight excluding hydrogens is 302 g/mol. The van der Waals surface area contributed by atoms with E-state index in [-0.39, 0.29) is 12.3 Å². The Kier molecular flexibility index (Phi) is 4.16. The van der Waals surface area contributed by atoms with E-state index in [1.165, 1.54) is 0 Å². The maximum absolute atomic E-state index is 12.0. The molecule has 110 valence electrons. The van der Waals surface area contributed by atoms with Gasteiger partial charge in [0, 0.05) is 12.3 Å². The predicted molar refractivity (Wildman–Crippen MR) is 82.4 cm³/mol. The summed E-state index contributed by atoms with van der Waals surface area (Å²) in [5.74, 6) is -0.477. The Morgan fingerprint density at radius 3 is 2.77 bits per heavy atom. The molecule has 0 aliphatic heterocycles. The van der Waals surface area contributed by atoms with Crippen molar-refractivity contribution in [2.45, 2.75) is 6.61 Å². The number of ether oxygens (including phenoxy) is 1. The molecular formula is C16H12ClN3O2. The quantitative estimate of drug-likeness (QED) is 0.749. The molecule has 6 heteroatoms. The van der Waals surface area contributed by atoms with E-state index >= 15 is 0 Å². The zero-order chi connectivity index (χ0) is 15.4. The second-order valence-corrected chi connectivity index (χ2v) is 4.97. The summed E-state index contributed by atoms with van der Waals surface area (Å²) in [7, 11) is 0. The first kappa shape index (κ1) is 14.3. The van der Waals surface area contributed by atoms with Gasteiger partial charge >= 0.3 is 5.97 Å². The van der Waals surface area contributed by atoms with E-state index in [1.807, 2.05) is 30.3 Å². The molecule has 0 bridgehead atoms. The smallest absolute Gasteiger partial charge is 0.356 e. The highest BCUT2D eigenvalue weighted by atomic mass is 35.5. The summed E-state index contributed by atoms with van der Waals surface area (Å²) in [6.45, 7) is 0.207. The molecule has 1 aromatic carbocycles. The van der Waals surface area contributed by atoms with Crippen LogP contribution in [-0.2, 0) is 11.3 Å². The number of carbonyl (C=O) groups excluding carboxylic acids is 1. The van der Waals surface area contributed by atoms with Gasteiger partial charge in [0.2, 0.25) is 0 Å². The Morgan fingerprint density at radius 2 is 2.00 bits per heavy atom. The van der Waals surface area contributed by atoms with Crippen LogP contribution in [0.4, 0.5) is 0 Å². The summed E-state index contributed by atoms with van der Waals surface area (Å²) in [5, 5.41) is 7.17. The van der Waals surface area contributed by atoms with Crippen LogP contribution in [0.1, 0.15) is 16.1 Å². The summed E-state index contributed by atoms with van der Waals surface area (Å²) in [4.78, 5) is 16.1. The van der Waals surface area contributed by atoms with Crippen molar-refractivity contribution in [1.82, 2.24) is 15.2 Å². The molecule has 0 fully saturated rings. The third kappa shape index (κ3) is 3.15. The largest absolute Gasteiger partial charge is 0.456 e. The van der Waals surface area contributed by atoms with E-state index in [2.05, 4.69) is 15.2 Å². The summed E-state index contributed by atoms with van der Waals surface area (Å²) in [6.07, 6.45) is 1.61. The Bertz CT molecular complexity index is 787. The minimum atomic E-state index is -0.477. The summed E-state index contributed by atoms with van der Waals surface area (Å²) < 4.78 is 5.23. The van der Waals surface area contributed by atoms with Crippen molar-refractivity contribution in [3.8, 4) is 11.4 Å². The maximum atomic E-state index is 12.0. The van der Waals surface area contributed by atoms with Crippen molar-refractivity contribution in [2.75, 3.05) is 0 Å². The first-order chi connectivity index (χ1) is 10.7. The average Bonchev–Trinajstić information content (AvgIpc) is 3.04. The topological polar surface area (TPSA) is 67.9 Å². The zero-order valence-electron chi connectivity index (χ0n) is 11.5. The molecule has 0 aliphatic carbocycles. The Hall–Kier alpha value is -2.66. The van der Waals surface area contributed by atoms with Crippen molar-refractivity contribution in [3.63, 3.8) is 0 Å². The normalized spacial score (nSPS) is 10.4. The molecule has 0 saturated heterocycles. The number of benzene rings is 1. The van der Waals surface area contributed by atoms with Gasteiger partial charge in [0.15, 0.2) is 0 Å². The summed E-state index contributed by atoms with van der Waals surface area (Å²) in [6, 6.07) is 14.5. The van der Waals surface area contributed by atoms with Crippen LogP contribution < -0.4 is 0 Å². The molecule has 0 radical (unpaired) electrons. The van der Waals surface area contributed by atoms with Gasteiger partial charge in [-0.05, 0) is 17.7 Å². The van der Waals surface area contributed by atoms with Crippen LogP contribution in [0.5, 0.6) is 0 Å². The molecule has 1 N–H and O–H groups in total. The number of hydrogen-bond donors (Lipinski definition) is 1. The number of H-pyrrole nitrogens is 1. The lowest BCUT2D eigenvalue weighted by Gasteiger charge is -2.02. The zero-order valence-corrected chi connectivity index (χ0v) is 12.2. The number of aromatic amines is 1. The SMILES string of the molecule is O=C(OCc1ccccc1)c1cc(-c2ncccc2Cl)n[nH]1. The van der Waals surface area contributed by atoms with Crippen LogP contribution in [0.25, 0.3) is 11.4 Å². The number of nitrogens with zero attached hydrogens (tertiary/aromatic N) is 2. The van der Waals surface area contributed by atoms with Gasteiger partial charge in [0.1, 0.15) is 23.7 Å². The van der Waals surface area contributed by atoms with E-state index in [1.54, 1.807) is 24.4 Å². The molecule has 0 spiro atoms. The molecule has 22 heavy (non-hydrogen) atoms. The van der Waals surface area contributed by atoms with Gasteiger partial charge < -0.3 is 4.74 Å². The lowest BCUT2D eigenvalue weighted by molar-refractivity contribution is 0.0465. The number of halogens is 1. The molecule has 0 unspecified atom stereocenters. The van der Waals surface area contributed by atoms with Crippen molar-refractivity contribution < 1.29 is 9.53 Å². The van der Waals surface area contributed by atoms with E-state index < -0.39 is 5.97 Å². The highest BCUT2D eigenvalue weighted by Gasteiger charge is 2.14. The number of carbonyl (C=O) groups is 1. The fourth-order valence-corrected chi connectivity index (χ4v) is 2.14. The standard InChI is InChI=1S/C16H12ClN3O2/c17-12-7-4-8-18-15(12)13-9-14(20-19-13)16(21)22-10-11-5-2-1-3-6-11/h1-9H,10H2,(H,19,20). The van der Waals surface area contributed by atoms with Crippen molar-refractivity contribution >= 4 is 17.6 Å². The second-order valence-electron chi connectivity index (χ2n) is 4.56. The van der Waals surface area contributed by atoms with E-state index in [0.717, 1.165) is 5.56 Å². The van der Waals surface area contributed by atoms with Gasteiger partial charge in [-0.3, -0.25) is 10.1 Å². The van der Waals surface area contributed by atoms with Crippen molar-refractivity contribution in [2.24, 2.45) is 0 Å². The molecule has 3 aromatic rings. The highest BCUT2D eigenvalue weighted by molar-refractivity contribution is 6.32. The predicted octanol–water partition coefficient (Wildman–Crippen LogP) is 3.48. The Balaban J connectivity index is 1.71. The van der Waals surface area contributed by atoms with Crippen molar-refractivity contribution in [3.05, 3.63) is 71.0 Å². The number of rotatable bonds is 4. The van der Waals surface area contributed by atoms with E-state index in [9.17, 15) is 4.79 Å². The van der Waals surface area contributed by atoms with Crippen LogP contribution in [0.3, 0.4) is 0 Å². The van der Waals surface area contributed by atoms with Gasteiger partial charge in [-0.2, -0.15) is 5.10 Å². The van der Waals surface area contributed by atoms with E-state index in [4.69, 9.17) is 16.3 Å². The molecule has 2 heterocycles. The number of esters is 1. The third-order valence-electron chi connectivity index (χ3n) is 3.01. The van der Waals surface area contributed by atoms with Crippen LogP contribution in [0, 0.1) is 0 Å². The van der Waals surface area contributed by atoms with Crippen LogP contribution in [-0.4, -0.2) is 21.2 Å². The van der Waals surface area contributed by atoms with Gasteiger partial charge in [0.05, 0.1) is 5.02 Å². The lowest BCUT2D eigenvalue weighted by Crippen LogP contribution is -2.05. The molecule has 0 atom stereocenters. The summed E-state index contributed by atoms with van der Waals surface area (Å²) in [5.41, 5.74) is 2.19. The molecule has 3 rings (SSSR count). The molecule has 0 aliphatic rings. The fourth-order valence-electron chi connectivity index (χ4n) is 1.92. The third-order valence-corrected chi connectivity index (χ3v) is 3.32. The number of pyridine rings is 1. The van der Waals surface area contributed by atoms with E-state index in [0.29, 0.717) is 16.4 Å². The lowest BCUT2D eigenvalue weighted by atomic mass is 10.2. The first-order valence-electron chi connectivity index (χ1n) is 6.61. The average molecular weight is 314 g/mol. The number of aromatic nitrogens is 3. The number of nitrogens with one attached hydrogen (secondary N) is 1. The monoisotopic (exact) mass is 313 g/mol. The minimum Gasteiger partial charge on any atom is -0.456 e. The van der Waals surface area contributed by atoms with Crippen LogP contribution in [0.2, 0.25) is 5.02 Å². The fraction of sp³-hybridized carbons (Fsp3) is 0.0625. The summed E-state index contributed by atoms with van der Waals surface area (Å²) >= 11 is 6.06. The number of hydrogen-bond acceptors (Lipinski definition) is 4. The van der Waals surface area contributed by atoms with Crippen LogP contribution in [0.15, 0.2) is 54.7 Å². The highest BCUT2D eigenvalue weighted by Crippen LogP contribution is 2.23.